The molecule has 1 aliphatic carbocycles. The van der Waals surface area contributed by atoms with Crippen LogP contribution in [-0.2, 0) is 36.8 Å². The van der Waals surface area contributed by atoms with Gasteiger partial charge in [-0.15, -0.1) is 0 Å². The van der Waals surface area contributed by atoms with E-state index in [2.05, 4.69) is 29.1 Å². The number of rotatable bonds is 13. The molecule has 0 spiro atoms. The van der Waals surface area contributed by atoms with Crippen molar-refractivity contribution >= 4 is 44.4 Å². The van der Waals surface area contributed by atoms with Gasteiger partial charge in [0.1, 0.15) is 42.4 Å². The predicted octanol–water partition coefficient (Wildman–Crippen LogP) is -2.55. The van der Waals surface area contributed by atoms with Gasteiger partial charge in [0.2, 0.25) is 5.91 Å². The van der Waals surface area contributed by atoms with Crippen LogP contribution in [0.2, 0.25) is 0 Å². The Hall–Kier alpha value is -3.86. The maximum Gasteiger partial charge on any atom is 0.478 e. The topological polar surface area (TPSA) is 324 Å². The van der Waals surface area contributed by atoms with Crippen LogP contribution in [0.1, 0.15) is 22.8 Å². The summed E-state index contributed by atoms with van der Waals surface area (Å²) in [7, 11) is -11.1. The summed E-state index contributed by atoms with van der Waals surface area (Å²) >= 11 is 0. The van der Waals surface area contributed by atoms with E-state index in [1.165, 1.54) is 40.0 Å². The van der Waals surface area contributed by atoms with Gasteiger partial charge in [0.25, 0.3) is 20.0 Å². The van der Waals surface area contributed by atoms with Crippen molar-refractivity contribution in [2.24, 2.45) is 11.7 Å². The highest BCUT2D eigenvalue weighted by molar-refractivity contribution is 7.60. The number of primary amides is 1. The average molecular weight is 756 g/mol. The lowest BCUT2D eigenvalue weighted by atomic mass is 10.1. The summed E-state index contributed by atoms with van der Waals surface area (Å²) in [5.41, 5.74) is 5.51. The van der Waals surface area contributed by atoms with Gasteiger partial charge in [-0.2, -0.15) is 4.57 Å². The van der Waals surface area contributed by atoms with E-state index in [0.29, 0.717) is 0 Å². The van der Waals surface area contributed by atoms with E-state index in [0.717, 1.165) is 6.33 Å². The lowest BCUT2D eigenvalue weighted by Gasteiger charge is -2.26. The van der Waals surface area contributed by atoms with Crippen LogP contribution < -0.4 is 20.5 Å². The van der Waals surface area contributed by atoms with Gasteiger partial charge in [0.05, 0.1) is 25.5 Å². The first kappa shape index (κ1) is 36.9. The van der Waals surface area contributed by atoms with E-state index in [1.807, 2.05) is 0 Å². The minimum atomic E-state index is -5.66. The van der Waals surface area contributed by atoms with Crippen molar-refractivity contribution in [3.8, 4) is 0 Å². The smallest absolute Gasteiger partial charge is 0.478 e. The number of ether oxygens (including phenoxy) is 2. The van der Waals surface area contributed by atoms with Gasteiger partial charge in [-0.05, 0) is 6.07 Å². The van der Waals surface area contributed by atoms with Crippen LogP contribution in [-0.4, -0.2) is 106 Å². The fraction of sp³-hybridized carbons (Fsp3) is 0.407. The number of carbonyl (C=O) groups is 2. The van der Waals surface area contributed by atoms with Gasteiger partial charge >= 0.3 is 7.82 Å². The summed E-state index contributed by atoms with van der Waals surface area (Å²) in [6.07, 6.45) is -0.663. The summed E-state index contributed by atoms with van der Waals surface area (Å²) in [5.74, 6) is -1.62. The Labute approximate surface area is 286 Å². The zero-order chi connectivity index (χ0) is 36.7. The standard InChI is InChI=1S/C27H31N7O15P2/c28-22(39)14-6-3-7-33(8-14)26-20(37)18(35)15(47-26)9-45-50(41,42)49-51(43,44)46-10-16-19(36)21(38)27(48-16)34-12-31-17-23(29-11-30-24(17)34)32-25(40)13-4-1-2-5-13/h1-8,11-13,15-16,18-21,26-27,35-38H,9-10H2,(H4-,28,29,30,32,39,40,41,42,43,44)/t15-,16-,18-,19-,20-,21-,26-,27-/m1/s1. The highest BCUT2D eigenvalue weighted by Crippen LogP contribution is 2.58. The van der Waals surface area contributed by atoms with Crippen LogP contribution in [0.3, 0.4) is 0 Å². The maximum absolute atomic E-state index is 12.6. The van der Waals surface area contributed by atoms with Gasteiger partial charge in [-0.1, -0.05) is 24.3 Å². The molecular formula is C27H31N7O15P2. The molecule has 10 atom stereocenters. The molecule has 0 saturated carbocycles. The Bertz CT molecular complexity index is 1950. The van der Waals surface area contributed by atoms with Crippen LogP contribution in [0.5, 0.6) is 0 Å². The van der Waals surface area contributed by atoms with Gasteiger partial charge in [0.15, 0.2) is 41.7 Å². The summed E-state index contributed by atoms with van der Waals surface area (Å²) in [6, 6.07) is 2.81. The number of allylic oxidation sites excluding steroid dienone is 2. The summed E-state index contributed by atoms with van der Waals surface area (Å²) in [4.78, 5) is 58.9. The molecule has 2 aliphatic heterocycles. The van der Waals surface area contributed by atoms with Crippen molar-refractivity contribution in [1.82, 2.24) is 19.5 Å². The van der Waals surface area contributed by atoms with Crippen molar-refractivity contribution < 1.29 is 76.3 Å². The fourth-order valence-electron chi connectivity index (χ4n) is 5.45. The van der Waals surface area contributed by atoms with Crippen LogP contribution in [0.25, 0.3) is 11.2 Å². The van der Waals surface area contributed by atoms with E-state index in [1.54, 1.807) is 24.3 Å². The van der Waals surface area contributed by atoms with Crippen molar-refractivity contribution in [1.29, 1.82) is 0 Å². The monoisotopic (exact) mass is 755 g/mol. The second-order valence-electron chi connectivity index (χ2n) is 11.4. The van der Waals surface area contributed by atoms with Crippen molar-refractivity contribution in [3.63, 3.8) is 0 Å². The van der Waals surface area contributed by atoms with E-state index in [4.69, 9.17) is 19.7 Å². The lowest BCUT2D eigenvalue weighted by molar-refractivity contribution is -0.765. The number of nitrogens with zero attached hydrogens (tertiary/aromatic N) is 5. The summed E-state index contributed by atoms with van der Waals surface area (Å²) in [6.45, 7) is -1.94. The molecule has 0 bridgehead atoms. The van der Waals surface area contributed by atoms with E-state index in [9.17, 15) is 48.9 Å². The molecule has 0 aromatic carbocycles. The first-order valence-electron chi connectivity index (χ1n) is 15.0. The molecule has 6 rings (SSSR count). The zero-order valence-corrected chi connectivity index (χ0v) is 27.7. The number of nitrogens with two attached hydrogens (primary N) is 1. The number of aromatic nitrogens is 5. The molecule has 2 amide bonds. The molecule has 0 radical (unpaired) electrons. The van der Waals surface area contributed by atoms with E-state index in [-0.39, 0.29) is 28.5 Å². The quantitative estimate of drug-likeness (QED) is 0.0697. The molecule has 5 heterocycles. The van der Waals surface area contributed by atoms with E-state index >= 15 is 0 Å². The molecule has 2 saturated heterocycles. The third-order valence-electron chi connectivity index (χ3n) is 8.00. The number of amides is 2. The van der Waals surface area contributed by atoms with Crippen LogP contribution in [0, 0.1) is 5.92 Å². The Kier molecular flexibility index (Phi) is 10.6. The van der Waals surface area contributed by atoms with Gasteiger partial charge in [0, 0.05) is 6.07 Å². The predicted molar refractivity (Wildman–Crippen MR) is 163 cm³/mol. The molecule has 3 aromatic heterocycles. The number of nitrogens with one attached hydrogen (secondary N) is 1. The number of phosphoric ester groups is 2. The Morgan fingerprint density at radius 1 is 1.00 bits per heavy atom. The largest absolute Gasteiger partial charge is 0.756 e. The minimum absolute atomic E-state index is 0.0511. The lowest BCUT2D eigenvalue weighted by Crippen LogP contribution is -2.46. The fourth-order valence-corrected chi connectivity index (χ4v) is 7.50. The number of aliphatic hydroxyl groups excluding tert-OH is 4. The highest BCUT2D eigenvalue weighted by atomic mass is 31.3. The Balaban J connectivity index is 1.04. The third kappa shape index (κ3) is 7.98. The SMILES string of the molecule is NC(=O)c1ccc[n+]([C@@H]2O[C@H](COP(=O)([O-])OP(=O)(O)OC[C@H]3O[C@@H](n4cnc5c(NC(=O)C6C=CC=C6)ncnc54)[C@H](O)[C@@H]3O)[C@@H](O)[C@H]2O)c1. The zero-order valence-electron chi connectivity index (χ0n) is 25.9. The number of carbonyl (C=O) groups excluding carboxylic acids is 2. The number of phosphoric acid groups is 2. The number of hydrogen-bond donors (Lipinski definition) is 7. The van der Waals surface area contributed by atoms with Crippen molar-refractivity contribution in [2.75, 3.05) is 18.5 Å². The van der Waals surface area contributed by atoms with Crippen LogP contribution in [0.4, 0.5) is 5.82 Å². The molecule has 2 unspecified atom stereocenters. The van der Waals surface area contributed by atoms with Gasteiger partial charge in [-0.3, -0.25) is 23.2 Å². The molecule has 51 heavy (non-hydrogen) atoms. The molecule has 8 N–H and O–H groups in total. The highest BCUT2D eigenvalue weighted by Gasteiger charge is 2.49. The second-order valence-corrected chi connectivity index (χ2v) is 14.4. The first-order valence-corrected chi connectivity index (χ1v) is 17.9. The number of imidazole rings is 1. The molecular weight excluding hydrogens is 724 g/mol. The van der Waals surface area contributed by atoms with Gasteiger partial charge < -0.3 is 55.3 Å². The summed E-state index contributed by atoms with van der Waals surface area (Å²) in [5, 5.41) is 44.7. The molecule has 3 aromatic rings. The van der Waals surface area contributed by atoms with E-state index < -0.39 is 89.8 Å². The molecule has 3 aliphatic rings. The van der Waals surface area contributed by atoms with Crippen LogP contribution >= 0.6 is 15.6 Å². The third-order valence-corrected chi connectivity index (χ3v) is 10.6. The molecule has 2 fully saturated rings. The number of fused-ring (bicyclic) bond motifs is 1. The van der Waals surface area contributed by atoms with Crippen molar-refractivity contribution in [2.45, 2.75) is 49.1 Å². The summed E-state index contributed by atoms with van der Waals surface area (Å²) < 4.78 is 52.0. The molecule has 24 heteroatoms. The molecule has 22 nitrogen and oxygen atoms in total. The Morgan fingerprint density at radius 2 is 1.69 bits per heavy atom. The maximum atomic E-state index is 12.6. The number of aliphatic hydroxyl groups is 4. The first-order chi connectivity index (χ1) is 24.1. The normalized spacial score (nSPS) is 30.1. The number of pyridine rings is 1. The average Bonchev–Trinajstić information content (AvgIpc) is 3.88. The number of hydrogen-bond acceptors (Lipinski definition) is 17. The van der Waals surface area contributed by atoms with Crippen LogP contribution in [0.15, 0.2) is 61.5 Å². The second kappa shape index (κ2) is 14.6. The Morgan fingerprint density at radius 3 is 2.41 bits per heavy atom. The molecule has 274 valence electrons. The van der Waals surface area contributed by atoms with Crippen molar-refractivity contribution in [3.05, 3.63) is 67.0 Å². The minimum Gasteiger partial charge on any atom is -0.756 e. The van der Waals surface area contributed by atoms with Gasteiger partial charge in [-0.25, -0.2) is 23.8 Å². The number of anilines is 1.